The lowest BCUT2D eigenvalue weighted by atomic mass is 9.85. The van der Waals surface area contributed by atoms with Gasteiger partial charge in [-0.05, 0) is 31.5 Å². The molecule has 0 saturated carbocycles. The van der Waals surface area contributed by atoms with Crippen LogP contribution in [0, 0.1) is 0 Å². The molecule has 1 rings (SSSR count). The molecule has 0 radical (unpaired) electrons. The minimum absolute atomic E-state index is 0.408. The van der Waals surface area contributed by atoms with E-state index in [1.807, 2.05) is 0 Å². The number of carboxylic acids is 1. The van der Waals surface area contributed by atoms with Crippen molar-refractivity contribution in [2.24, 2.45) is 0 Å². The van der Waals surface area contributed by atoms with Crippen LogP contribution in [0.25, 0.3) is 0 Å². The lowest BCUT2D eigenvalue weighted by molar-refractivity contribution is -0.142. The van der Waals surface area contributed by atoms with Crippen LogP contribution in [0.3, 0.4) is 0 Å². The third-order valence-electron chi connectivity index (χ3n) is 3.15. The molecular weight excluding hydrogens is 282 g/mol. The molecule has 1 aromatic carbocycles. The highest BCUT2D eigenvalue weighted by Gasteiger charge is 2.29. The van der Waals surface area contributed by atoms with Gasteiger partial charge in [-0.1, -0.05) is 12.1 Å². The van der Waals surface area contributed by atoms with Crippen LogP contribution < -0.4 is 5.32 Å². The number of benzene rings is 1. The smallest absolute Gasteiger partial charge is 0.321 e. The molecule has 7 heteroatoms. The number of carbonyl (C=O) groups is 2. The van der Waals surface area contributed by atoms with Gasteiger partial charge in [0.25, 0.3) is 6.43 Å². The number of nitrogens with zero attached hydrogens (tertiary/aromatic N) is 1. The zero-order valence-electron chi connectivity index (χ0n) is 12.1. The van der Waals surface area contributed by atoms with Crippen LogP contribution in [0.15, 0.2) is 24.3 Å². The van der Waals surface area contributed by atoms with E-state index >= 15 is 0 Å². The molecule has 0 saturated heterocycles. The van der Waals surface area contributed by atoms with Crippen molar-refractivity contribution in [3.63, 3.8) is 0 Å². The summed E-state index contributed by atoms with van der Waals surface area (Å²) in [5.74, 6) is -0.962. The molecule has 0 heterocycles. The monoisotopic (exact) mass is 300 g/mol. The fourth-order valence-electron chi connectivity index (χ4n) is 1.60. The molecule has 116 valence electrons. The first kappa shape index (κ1) is 16.9. The molecule has 0 atom stereocenters. The van der Waals surface area contributed by atoms with Gasteiger partial charge in [0.1, 0.15) is 0 Å². The average Bonchev–Trinajstić information content (AvgIpc) is 2.38. The van der Waals surface area contributed by atoms with E-state index in [2.05, 4.69) is 5.32 Å². The first-order chi connectivity index (χ1) is 9.64. The summed E-state index contributed by atoms with van der Waals surface area (Å²) < 4.78 is 24.3. The van der Waals surface area contributed by atoms with Crippen LogP contribution in [0.5, 0.6) is 0 Å². The number of anilines is 1. The van der Waals surface area contributed by atoms with Crippen molar-refractivity contribution in [1.82, 2.24) is 4.90 Å². The van der Waals surface area contributed by atoms with E-state index in [1.54, 1.807) is 26.0 Å². The van der Waals surface area contributed by atoms with Gasteiger partial charge in [0.2, 0.25) is 0 Å². The Kier molecular flexibility index (Phi) is 5.23. The molecule has 5 nitrogen and oxygen atoms in total. The summed E-state index contributed by atoms with van der Waals surface area (Å²) in [5, 5.41) is 11.6. The van der Waals surface area contributed by atoms with Gasteiger partial charge in [-0.15, -0.1) is 0 Å². The van der Waals surface area contributed by atoms with E-state index in [4.69, 9.17) is 5.11 Å². The Hall–Kier alpha value is -2.18. The van der Waals surface area contributed by atoms with Gasteiger partial charge in [-0.3, -0.25) is 4.79 Å². The molecule has 0 unspecified atom stereocenters. The lowest BCUT2D eigenvalue weighted by Gasteiger charge is -2.21. The van der Waals surface area contributed by atoms with Crippen LogP contribution in [-0.2, 0) is 10.2 Å². The van der Waals surface area contributed by atoms with Gasteiger partial charge in [0.15, 0.2) is 0 Å². The van der Waals surface area contributed by atoms with Crippen molar-refractivity contribution < 1.29 is 23.5 Å². The maximum Gasteiger partial charge on any atom is 0.321 e. The number of carboxylic acid groups (broad SMARTS) is 1. The fraction of sp³-hybridized carbons (Fsp3) is 0.429. The summed E-state index contributed by atoms with van der Waals surface area (Å²) in [6.45, 7) is 2.48. The fourth-order valence-corrected chi connectivity index (χ4v) is 1.60. The molecule has 0 spiro atoms. The highest BCUT2D eigenvalue weighted by Crippen LogP contribution is 2.24. The molecule has 0 aromatic heterocycles. The molecule has 0 aliphatic heterocycles. The van der Waals surface area contributed by atoms with E-state index < -0.39 is 30.4 Å². The van der Waals surface area contributed by atoms with E-state index in [1.165, 1.54) is 19.2 Å². The number of hydrogen-bond acceptors (Lipinski definition) is 2. The van der Waals surface area contributed by atoms with Crippen molar-refractivity contribution in [3.05, 3.63) is 29.8 Å². The Labute approximate surface area is 121 Å². The molecule has 2 amide bonds. The highest BCUT2D eigenvalue weighted by molar-refractivity contribution is 5.89. The molecule has 0 bridgehead atoms. The summed E-state index contributed by atoms with van der Waals surface area (Å²) in [6, 6.07) is 5.58. The quantitative estimate of drug-likeness (QED) is 0.878. The summed E-state index contributed by atoms with van der Waals surface area (Å²) in [7, 11) is 1.27. The standard InChI is InChI=1S/C14H18F2N2O3/c1-14(2,12(19)20)9-4-6-10(7-5-9)17-13(21)18(3)8-11(15)16/h4-7,11H,8H2,1-3H3,(H,17,21)(H,19,20). The largest absolute Gasteiger partial charge is 0.481 e. The van der Waals surface area contributed by atoms with Gasteiger partial charge in [0.05, 0.1) is 12.0 Å². The number of nitrogens with one attached hydrogen (secondary N) is 1. The van der Waals surface area contributed by atoms with E-state index in [-0.39, 0.29) is 0 Å². The molecular formula is C14H18F2N2O3. The van der Waals surface area contributed by atoms with Gasteiger partial charge in [-0.25, -0.2) is 13.6 Å². The molecule has 2 N–H and O–H groups in total. The highest BCUT2D eigenvalue weighted by atomic mass is 19.3. The van der Waals surface area contributed by atoms with Gasteiger partial charge < -0.3 is 15.3 Å². The Morgan fingerprint density at radius 2 is 1.81 bits per heavy atom. The van der Waals surface area contributed by atoms with Crippen molar-refractivity contribution in [2.45, 2.75) is 25.7 Å². The molecule has 0 aliphatic rings. The Balaban J connectivity index is 2.76. The van der Waals surface area contributed by atoms with Crippen molar-refractivity contribution in [2.75, 3.05) is 18.9 Å². The van der Waals surface area contributed by atoms with Crippen molar-refractivity contribution in [1.29, 1.82) is 0 Å². The first-order valence-corrected chi connectivity index (χ1v) is 6.28. The van der Waals surface area contributed by atoms with Gasteiger partial charge >= 0.3 is 12.0 Å². The number of halogens is 2. The second-order valence-electron chi connectivity index (χ2n) is 5.21. The number of alkyl halides is 2. The Morgan fingerprint density at radius 1 is 1.29 bits per heavy atom. The van der Waals surface area contributed by atoms with Crippen LogP contribution in [0.2, 0.25) is 0 Å². The number of hydrogen-bond donors (Lipinski definition) is 2. The Morgan fingerprint density at radius 3 is 2.24 bits per heavy atom. The SMILES string of the molecule is CN(CC(F)F)C(=O)Nc1ccc(C(C)(C)C(=O)O)cc1. The predicted octanol–water partition coefficient (Wildman–Crippen LogP) is 2.78. The van der Waals surface area contributed by atoms with Crippen LogP contribution in [0.4, 0.5) is 19.3 Å². The third kappa shape index (κ3) is 4.40. The number of amides is 2. The van der Waals surface area contributed by atoms with E-state index in [0.717, 1.165) is 4.90 Å². The maximum absolute atomic E-state index is 12.2. The number of carbonyl (C=O) groups excluding carboxylic acids is 1. The van der Waals surface area contributed by atoms with E-state index in [0.29, 0.717) is 11.3 Å². The summed E-state index contributed by atoms with van der Waals surface area (Å²) in [4.78, 5) is 23.6. The molecule has 21 heavy (non-hydrogen) atoms. The van der Waals surface area contributed by atoms with Crippen LogP contribution in [0.1, 0.15) is 19.4 Å². The second kappa shape index (κ2) is 6.51. The average molecular weight is 300 g/mol. The minimum Gasteiger partial charge on any atom is -0.481 e. The topological polar surface area (TPSA) is 69.6 Å². The van der Waals surface area contributed by atoms with Gasteiger partial charge in [0, 0.05) is 12.7 Å². The molecule has 0 aliphatic carbocycles. The van der Waals surface area contributed by atoms with Crippen LogP contribution in [-0.4, -0.2) is 42.0 Å². The minimum atomic E-state index is -2.60. The summed E-state index contributed by atoms with van der Waals surface area (Å²) in [5.41, 5.74) is -0.0605. The number of rotatable bonds is 5. The normalized spacial score (nSPS) is 11.3. The number of urea groups is 1. The lowest BCUT2D eigenvalue weighted by Crippen LogP contribution is -2.35. The maximum atomic E-state index is 12.2. The third-order valence-corrected chi connectivity index (χ3v) is 3.15. The second-order valence-corrected chi connectivity index (χ2v) is 5.21. The van der Waals surface area contributed by atoms with Crippen LogP contribution >= 0.6 is 0 Å². The zero-order chi connectivity index (χ0) is 16.2. The summed E-state index contributed by atoms with van der Waals surface area (Å²) >= 11 is 0. The number of aliphatic carboxylic acids is 1. The van der Waals surface area contributed by atoms with Crippen molar-refractivity contribution in [3.8, 4) is 0 Å². The van der Waals surface area contributed by atoms with Gasteiger partial charge in [-0.2, -0.15) is 0 Å². The molecule has 0 fully saturated rings. The summed E-state index contributed by atoms with van der Waals surface area (Å²) in [6.07, 6.45) is -2.60. The Bertz CT molecular complexity index is 515. The molecule has 1 aromatic rings. The van der Waals surface area contributed by atoms with E-state index in [9.17, 15) is 18.4 Å². The zero-order valence-corrected chi connectivity index (χ0v) is 12.1. The predicted molar refractivity (Wildman–Crippen MR) is 74.8 cm³/mol. The van der Waals surface area contributed by atoms with Crippen molar-refractivity contribution >= 4 is 17.7 Å². The first-order valence-electron chi connectivity index (χ1n) is 6.28.